The van der Waals surface area contributed by atoms with Crippen molar-refractivity contribution in [2.24, 2.45) is 0 Å². The van der Waals surface area contributed by atoms with Gasteiger partial charge in [-0.3, -0.25) is 0 Å². The zero-order chi connectivity index (χ0) is 8.55. The molecule has 0 radical (unpaired) electrons. The Morgan fingerprint density at radius 2 is 2.25 bits per heavy atom. The van der Waals surface area contributed by atoms with Crippen LogP contribution >= 0.6 is 23.4 Å². The fraction of sp³-hybridized carbons (Fsp3) is 0.333. The van der Waals surface area contributed by atoms with E-state index in [9.17, 15) is 0 Å². The van der Waals surface area contributed by atoms with Gasteiger partial charge in [0.05, 0.1) is 5.02 Å². The van der Waals surface area contributed by atoms with E-state index in [1.807, 2.05) is 23.9 Å². The van der Waals surface area contributed by atoms with Gasteiger partial charge in [0, 0.05) is 10.6 Å². The monoisotopic (exact) mass is 199 g/mol. The molecule has 0 saturated heterocycles. The van der Waals surface area contributed by atoms with Gasteiger partial charge in [0.1, 0.15) is 0 Å². The number of halogens is 1. The van der Waals surface area contributed by atoms with Gasteiger partial charge >= 0.3 is 0 Å². The lowest BCUT2D eigenvalue weighted by Crippen LogP contribution is -2.00. The molecule has 0 amide bonds. The molecule has 3 heteroatoms. The van der Waals surface area contributed by atoms with Gasteiger partial charge in [0.25, 0.3) is 0 Å². The van der Waals surface area contributed by atoms with Gasteiger partial charge in [-0.15, -0.1) is 11.8 Å². The summed E-state index contributed by atoms with van der Waals surface area (Å²) in [6, 6.07) is 3.87. The highest BCUT2D eigenvalue weighted by Gasteiger charge is 2.13. The second-order valence-corrected chi connectivity index (χ2v) is 4.46. The predicted octanol–water partition coefficient (Wildman–Crippen LogP) is 2.96. The van der Waals surface area contributed by atoms with Crippen LogP contribution in [0.15, 0.2) is 17.0 Å². The molecule has 0 unspecified atom stereocenters. The van der Waals surface area contributed by atoms with E-state index in [2.05, 4.69) is 0 Å². The normalized spacial score (nSPS) is 15.8. The first-order valence-corrected chi connectivity index (χ1v) is 5.34. The van der Waals surface area contributed by atoms with Gasteiger partial charge < -0.3 is 5.73 Å². The Morgan fingerprint density at radius 3 is 3.08 bits per heavy atom. The minimum absolute atomic E-state index is 0.779. The maximum absolute atomic E-state index is 6.05. The molecule has 1 aliphatic heterocycles. The average molecular weight is 200 g/mol. The number of aryl methyl sites for hydroxylation is 1. The fourth-order valence-corrected chi connectivity index (χ4v) is 2.90. The van der Waals surface area contributed by atoms with E-state index in [4.69, 9.17) is 17.3 Å². The lowest BCUT2D eigenvalue weighted by molar-refractivity contribution is 0.891. The minimum Gasteiger partial charge on any atom is -0.399 e. The van der Waals surface area contributed by atoms with Crippen molar-refractivity contribution in [1.29, 1.82) is 0 Å². The molecule has 2 N–H and O–H groups in total. The molecule has 0 aromatic heterocycles. The van der Waals surface area contributed by atoms with Gasteiger partial charge in [-0.1, -0.05) is 11.6 Å². The van der Waals surface area contributed by atoms with Crippen molar-refractivity contribution < 1.29 is 0 Å². The summed E-state index contributed by atoms with van der Waals surface area (Å²) in [7, 11) is 0. The van der Waals surface area contributed by atoms with Crippen LogP contribution in [0, 0.1) is 0 Å². The molecule has 1 heterocycles. The molecule has 0 spiro atoms. The molecule has 64 valence electrons. The molecule has 0 atom stereocenters. The summed E-state index contributed by atoms with van der Waals surface area (Å²) < 4.78 is 0. The first-order chi connectivity index (χ1) is 5.77. The molecule has 0 saturated carbocycles. The maximum atomic E-state index is 6.05. The fourth-order valence-electron chi connectivity index (χ4n) is 1.46. The molecule has 0 fully saturated rings. The van der Waals surface area contributed by atoms with Crippen LogP contribution in [-0.4, -0.2) is 5.75 Å². The second kappa shape index (κ2) is 3.19. The summed E-state index contributed by atoms with van der Waals surface area (Å²) in [6.45, 7) is 0. The summed E-state index contributed by atoms with van der Waals surface area (Å²) in [5.74, 6) is 1.18. The SMILES string of the molecule is Nc1cc(Cl)c2c(c1)CCCS2. The number of thioether (sulfide) groups is 1. The molecular formula is C9H10ClNS. The van der Waals surface area contributed by atoms with Crippen molar-refractivity contribution in [1.82, 2.24) is 0 Å². The first kappa shape index (κ1) is 8.27. The Bertz CT molecular complexity index is 312. The Labute approximate surface area is 81.3 Å². The van der Waals surface area contributed by atoms with Gasteiger partial charge in [0.2, 0.25) is 0 Å². The smallest absolute Gasteiger partial charge is 0.0565 e. The number of hydrogen-bond donors (Lipinski definition) is 1. The third-order valence-corrected chi connectivity index (χ3v) is 3.65. The summed E-state index contributed by atoms with van der Waals surface area (Å²) in [6.07, 6.45) is 2.35. The lowest BCUT2D eigenvalue weighted by Gasteiger charge is -2.16. The van der Waals surface area contributed by atoms with E-state index in [-0.39, 0.29) is 0 Å². The van der Waals surface area contributed by atoms with E-state index in [1.165, 1.54) is 22.6 Å². The van der Waals surface area contributed by atoms with Gasteiger partial charge in [-0.05, 0) is 36.3 Å². The van der Waals surface area contributed by atoms with Crippen LogP contribution in [0.5, 0.6) is 0 Å². The highest BCUT2D eigenvalue weighted by Crippen LogP contribution is 2.37. The second-order valence-electron chi connectivity index (χ2n) is 2.94. The number of anilines is 1. The number of rotatable bonds is 0. The van der Waals surface area contributed by atoms with Gasteiger partial charge in [0.15, 0.2) is 0 Å². The van der Waals surface area contributed by atoms with Crippen LogP contribution < -0.4 is 5.73 Å². The van der Waals surface area contributed by atoms with Crippen molar-refractivity contribution in [2.45, 2.75) is 17.7 Å². The van der Waals surface area contributed by atoms with Crippen LogP contribution in [0.1, 0.15) is 12.0 Å². The quantitative estimate of drug-likeness (QED) is 0.651. The van der Waals surface area contributed by atoms with E-state index < -0.39 is 0 Å². The standard InChI is InChI=1S/C9H10ClNS/c10-8-5-7(11)4-6-2-1-3-12-9(6)8/h4-5H,1-3,11H2. The highest BCUT2D eigenvalue weighted by atomic mass is 35.5. The predicted molar refractivity (Wildman–Crippen MR) is 54.9 cm³/mol. The van der Waals surface area contributed by atoms with E-state index in [0.717, 1.165) is 17.1 Å². The maximum Gasteiger partial charge on any atom is 0.0565 e. The van der Waals surface area contributed by atoms with Crippen molar-refractivity contribution in [3.05, 3.63) is 22.7 Å². The lowest BCUT2D eigenvalue weighted by atomic mass is 10.1. The molecule has 1 aromatic rings. The molecule has 1 nitrogen and oxygen atoms in total. The summed E-state index contributed by atoms with van der Waals surface area (Å²) in [4.78, 5) is 1.23. The van der Waals surface area contributed by atoms with Crippen molar-refractivity contribution >= 4 is 29.1 Å². The number of nitrogen functional groups attached to an aromatic ring is 1. The minimum atomic E-state index is 0.779. The number of fused-ring (bicyclic) bond motifs is 1. The van der Waals surface area contributed by atoms with Crippen LogP contribution in [0.2, 0.25) is 5.02 Å². The van der Waals surface area contributed by atoms with E-state index >= 15 is 0 Å². The Kier molecular flexibility index (Phi) is 2.20. The zero-order valence-electron chi connectivity index (χ0n) is 6.64. The molecule has 1 aromatic carbocycles. The third kappa shape index (κ3) is 1.41. The number of benzene rings is 1. The number of nitrogens with two attached hydrogens (primary N) is 1. The number of hydrogen-bond acceptors (Lipinski definition) is 2. The Hall–Kier alpha value is -0.340. The Morgan fingerprint density at radius 1 is 1.42 bits per heavy atom. The third-order valence-electron chi connectivity index (χ3n) is 1.98. The molecule has 0 bridgehead atoms. The largest absolute Gasteiger partial charge is 0.399 e. The first-order valence-electron chi connectivity index (χ1n) is 3.98. The topological polar surface area (TPSA) is 26.0 Å². The molecule has 2 rings (SSSR count). The van der Waals surface area contributed by atoms with Crippen molar-refractivity contribution in [3.63, 3.8) is 0 Å². The molecular weight excluding hydrogens is 190 g/mol. The Balaban J connectivity index is 2.53. The van der Waals surface area contributed by atoms with Crippen LogP contribution in [-0.2, 0) is 6.42 Å². The van der Waals surface area contributed by atoms with Gasteiger partial charge in [-0.2, -0.15) is 0 Å². The summed E-state index contributed by atoms with van der Waals surface area (Å²) in [5, 5.41) is 0.815. The van der Waals surface area contributed by atoms with Crippen LogP contribution in [0.25, 0.3) is 0 Å². The van der Waals surface area contributed by atoms with Gasteiger partial charge in [-0.25, -0.2) is 0 Å². The summed E-state index contributed by atoms with van der Waals surface area (Å²) >= 11 is 7.88. The van der Waals surface area contributed by atoms with Crippen molar-refractivity contribution in [2.75, 3.05) is 11.5 Å². The molecule has 12 heavy (non-hydrogen) atoms. The summed E-state index contributed by atoms with van der Waals surface area (Å²) in [5.41, 5.74) is 7.78. The average Bonchev–Trinajstić information content (AvgIpc) is 2.04. The van der Waals surface area contributed by atoms with Crippen LogP contribution in [0.3, 0.4) is 0 Å². The zero-order valence-corrected chi connectivity index (χ0v) is 8.21. The van der Waals surface area contributed by atoms with E-state index in [1.54, 1.807) is 0 Å². The molecule has 0 aliphatic carbocycles. The highest BCUT2D eigenvalue weighted by molar-refractivity contribution is 7.99. The van der Waals surface area contributed by atoms with E-state index in [0.29, 0.717) is 0 Å². The van der Waals surface area contributed by atoms with Crippen LogP contribution in [0.4, 0.5) is 5.69 Å². The van der Waals surface area contributed by atoms with Crippen molar-refractivity contribution in [3.8, 4) is 0 Å². The molecule has 1 aliphatic rings.